The summed E-state index contributed by atoms with van der Waals surface area (Å²) in [6.45, 7) is 6.74. The van der Waals surface area contributed by atoms with Crippen molar-refractivity contribution in [2.75, 3.05) is 5.32 Å². The Labute approximate surface area is 140 Å². The van der Waals surface area contributed by atoms with Crippen molar-refractivity contribution >= 4 is 11.6 Å². The number of benzene rings is 1. The zero-order chi connectivity index (χ0) is 17.1. The molecule has 2 aromatic heterocycles. The Morgan fingerprint density at radius 2 is 2.00 bits per heavy atom. The largest absolute Gasteiger partial charge is 0.350 e. The zero-order valence-corrected chi connectivity index (χ0v) is 14.0. The average Bonchev–Trinajstić information content (AvgIpc) is 3.17. The van der Waals surface area contributed by atoms with E-state index in [9.17, 15) is 4.79 Å². The number of aryl methyl sites for hydroxylation is 2. The standard InChI is InChI=1S/C18H20N4O2/c1-4-10-22-13(3)17(12(2)20-22)19-18(23)16-11-15(21-24-16)14-8-6-5-7-9-14/h5-9,11H,4,10H2,1-3H3,(H,19,23). The van der Waals surface area contributed by atoms with Gasteiger partial charge in [0.05, 0.1) is 17.1 Å². The third-order valence-electron chi connectivity index (χ3n) is 3.86. The second kappa shape index (κ2) is 6.70. The Morgan fingerprint density at radius 3 is 2.71 bits per heavy atom. The summed E-state index contributed by atoms with van der Waals surface area (Å²) in [6.07, 6.45) is 0.984. The molecule has 0 unspecified atom stereocenters. The zero-order valence-electron chi connectivity index (χ0n) is 14.0. The predicted molar refractivity (Wildman–Crippen MR) is 91.9 cm³/mol. The summed E-state index contributed by atoms with van der Waals surface area (Å²) in [5.41, 5.74) is 3.99. The number of carbonyl (C=O) groups excluding carboxylic acids is 1. The number of hydrogen-bond acceptors (Lipinski definition) is 4. The van der Waals surface area contributed by atoms with Gasteiger partial charge < -0.3 is 9.84 Å². The van der Waals surface area contributed by atoms with E-state index in [1.165, 1.54) is 0 Å². The van der Waals surface area contributed by atoms with Crippen molar-refractivity contribution in [1.82, 2.24) is 14.9 Å². The van der Waals surface area contributed by atoms with Gasteiger partial charge in [0.25, 0.3) is 5.91 Å². The molecule has 0 saturated carbocycles. The summed E-state index contributed by atoms with van der Waals surface area (Å²) in [5.74, 6) is -0.150. The summed E-state index contributed by atoms with van der Waals surface area (Å²) in [6, 6.07) is 11.2. The van der Waals surface area contributed by atoms with Gasteiger partial charge in [-0.2, -0.15) is 5.10 Å². The van der Waals surface area contributed by atoms with Gasteiger partial charge in [0, 0.05) is 18.2 Å². The smallest absolute Gasteiger partial charge is 0.294 e. The molecule has 6 heteroatoms. The SMILES string of the molecule is CCCn1nc(C)c(NC(=O)c2cc(-c3ccccc3)no2)c1C. The Balaban J connectivity index is 1.80. The molecule has 0 saturated heterocycles. The molecule has 1 amide bonds. The fourth-order valence-electron chi connectivity index (χ4n) is 2.61. The molecule has 0 aliphatic carbocycles. The minimum atomic E-state index is -0.327. The van der Waals surface area contributed by atoms with Gasteiger partial charge in [0.2, 0.25) is 5.76 Å². The molecule has 3 rings (SSSR count). The van der Waals surface area contributed by atoms with Crippen molar-refractivity contribution < 1.29 is 9.32 Å². The van der Waals surface area contributed by atoms with Gasteiger partial charge in [-0.05, 0) is 20.3 Å². The van der Waals surface area contributed by atoms with Crippen molar-refractivity contribution in [2.45, 2.75) is 33.7 Å². The van der Waals surface area contributed by atoms with Crippen molar-refractivity contribution in [3.05, 3.63) is 53.5 Å². The monoisotopic (exact) mass is 324 g/mol. The van der Waals surface area contributed by atoms with Crippen LogP contribution in [0.2, 0.25) is 0 Å². The highest BCUT2D eigenvalue weighted by atomic mass is 16.5. The van der Waals surface area contributed by atoms with Gasteiger partial charge in [-0.15, -0.1) is 0 Å². The quantitative estimate of drug-likeness (QED) is 0.774. The van der Waals surface area contributed by atoms with Crippen LogP contribution in [0.1, 0.15) is 35.3 Å². The lowest BCUT2D eigenvalue weighted by molar-refractivity contribution is 0.0988. The Bertz CT molecular complexity index is 849. The predicted octanol–water partition coefficient (Wildman–Crippen LogP) is 3.82. The molecule has 124 valence electrons. The van der Waals surface area contributed by atoms with Gasteiger partial charge in [-0.1, -0.05) is 42.4 Å². The van der Waals surface area contributed by atoms with Crippen LogP contribution in [0.3, 0.4) is 0 Å². The first-order chi connectivity index (χ1) is 11.6. The highest BCUT2D eigenvalue weighted by Crippen LogP contribution is 2.22. The molecule has 0 aliphatic rings. The summed E-state index contributed by atoms with van der Waals surface area (Å²) >= 11 is 0. The molecular weight excluding hydrogens is 304 g/mol. The molecule has 0 atom stereocenters. The topological polar surface area (TPSA) is 73.0 Å². The molecule has 0 fully saturated rings. The van der Waals surface area contributed by atoms with E-state index in [0.717, 1.165) is 35.6 Å². The molecule has 0 radical (unpaired) electrons. The number of hydrogen-bond donors (Lipinski definition) is 1. The highest BCUT2D eigenvalue weighted by Gasteiger charge is 2.18. The van der Waals surface area contributed by atoms with E-state index in [0.29, 0.717) is 5.69 Å². The number of nitrogens with one attached hydrogen (secondary N) is 1. The van der Waals surface area contributed by atoms with Crippen LogP contribution in [0.25, 0.3) is 11.3 Å². The first-order valence-electron chi connectivity index (χ1n) is 7.97. The molecule has 1 N–H and O–H groups in total. The summed E-state index contributed by atoms with van der Waals surface area (Å²) in [5, 5.41) is 11.3. The third kappa shape index (κ3) is 3.08. The molecule has 1 aromatic carbocycles. The minimum absolute atomic E-state index is 0.177. The van der Waals surface area contributed by atoms with E-state index in [1.807, 2.05) is 48.9 Å². The van der Waals surface area contributed by atoms with E-state index >= 15 is 0 Å². The number of nitrogens with zero attached hydrogens (tertiary/aromatic N) is 3. The minimum Gasteiger partial charge on any atom is -0.350 e. The highest BCUT2D eigenvalue weighted by molar-refractivity contribution is 6.03. The fourth-order valence-corrected chi connectivity index (χ4v) is 2.61. The van der Waals surface area contributed by atoms with E-state index in [1.54, 1.807) is 6.07 Å². The number of rotatable bonds is 5. The number of amides is 1. The van der Waals surface area contributed by atoms with Crippen molar-refractivity contribution in [2.24, 2.45) is 0 Å². The molecule has 24 heavy (non-hydrogen) atoms. The van der Waals surface area contributed by atoms with Crippen LogP contribution in [-0.2, 0) is 6.54 Å². The Morgan fingerprint density at radius 1 is 1.25 bits per heavy atom. The summed E-state index contributed by atoms with van der Waals surface area (Å²) in [4.78, 5) is 12.4. The van der Waals surface area contributed by atoms with E-state index in [2.05, 4.69) is 22.5 Å². The van der Waals surface area contributed by atoms with Crippen LogP contribution in [0, 0.1) is 13.8 Å². The van der Waals surface area contributed by atoms with Gasteiger partial charge in [0.15, 0.2) is 0 Å². The maximum Gasteiger partial charge on any atom is 0.294 e. The molecule has 6 nitrogen and oxygen atoms in total. The van der Waals surface area contributed by atoms with Gasteiger partial charge in [-0.3, -0.25) is 9.48 Å². The van der Waals surface area contributed by atoms with Crippen molar-refractivity contribution in [3.8, 4) is 11.3 Å². The molecule has 3 aromatic rings. The summed E-state index contributed by atoms with van der Waals surface area (Å²) < 4.78 is 7.10. The first kappa shape index (κ1) is 16.0. The van der Waals surface area contributed by atoms with E-state index in [-0.39, 0.29) is 11.7 Å². The van der Waals surface area contributed by atoms with E-state index in [4.69, 9.17) is 4.52 Å². The van der Waals surface area contributed by atoms with Crippen LogP contribution >= 0.6 is 0 Å². The number of aromatic nitrogens is 3. The second-order valence-corrected chi connectivity index (χ2v) is 5.67. The molecule has 0 spiro atoms. The van der Waals surface area contributed by atoms with Crippen LogP contribution in [0.4, 0.5) is 5.69 Å². The Kier molecular flexibility index (Phi) is 4.46. The van der Waals surface area contributed by atoms with Crippen LogP contribution in [-0.4, -0.2) is 20.8 Å². The van der Waals surface area contributed by atoms with E-state index < -0.39 is 0 Å². The number of anilines is 1. The molecule has 0 aliphatic heterocycles. The lowest BCUT2D eigenvalue weighted by Crippen LogP contribution is -2.12. The van der Waals surface area contributed by atoms with Crippen LogP contribution in [0.15, 0.2) is 40.9 Å². The molecule has 0 bridgehead atoms. The summed E-state index contributed by atoms with van der Waals surface area (Å²) in [7, 11) is 0. The van der Waals surface area contributed by atoms with Gasteiger partial charge >= 0.3 is 0 Å². The second-order valence-electron chi connectivity index (χ2n) is 5.67. The maximum atomic E-state index is 12.4. The van der Waals surface area contributed by atoms with Gasteiger partial charge in [0.1, 0.15) is 5.69 Å². The van der Waals surface area contributed by atoms with Crippen molar-refractivity contribution in [3.63, 3.8) is 0 Å². The van der Waals surface area contributed by atoms with Crippen molar-refractivity contribution in [1.29, 1.82) is 0 Å². The van der Waals surface area contributed by atoms with Crippen LogP contribution < -0.4 is 5.32 Å². The maximum absolute atomic E-state index is 12.4. The third-order valence-corrected chi connectivity index (χ3v) is 3.86. The average molecular weight is 324 g/mol. The fraction of sp³-hybridized carbons (Fsp3) is 0.278. The lowest BCUT2D eigenvalue weighted by Gasteiger charge is -2.04. The number of carbonyl (C=O) groups is 1. The van der Waals surface area contributed by atoms with Gasteiger partial charge in [-0.25, -0.2) is 0 Å². The first-order valence-corrected chi connectivity index (χ1v) is 7.97. The molecule has 2 heterocycles. The lowest BCUT2D eigenvalue weighted by atomic mass is 10.1. The van der Waals surface area contributed by atoms with Crippen LogP contribution in [0.5, 0.6) is 0 Å². The molecular formula is C18H20N4O2. The Hall–Kier alpha value is -2.89. The normalized spacial score (nSPS) is 10.8.